The Morgan fingerprint density at radius 1 is 1.47 bits per heavy atom. The van der Waals surface area contributed by atoms with Gasteiger partial charge in [0, 0.05) is 22.2 Å². The van der Waals surface area contributed by atoms with Crippen molar-refractivity contribution < 1.29 is 13.9 Å². The van der Waals surface area contributed by atoms with Crippen LogP contribution in [-0.2, 0) is 16.0 Å². The molecule has 0 bridgehead atoms. The van der Waals surface area contributed by atoms with Crippen molar-refractivity contribution in [2.45, 2.75) is 6.42 Å². The van der Waals surface area contributed by atoms with E-state index in [1.807, 2.05) is 12.1 Å². The topological polar surface area (TPSA) is 39.4 Å². The fourth-order valence-corrected chi connectivity index (χ4v) is 1.64. The summed E-state index contributed by atoms with van der Waals surface area (Å²) in [6, 6.07) is 5.52. The summed E-state index contributed by atoms with van der Waals surface area (Å²) in [6.45, 7) is 1.65. The summed E-state index contributed by atoms with van der Waals surface area (Å²) < 4.78 is 9.84. The van der Waals surface area contributed by atoms with Gasteiger partial charge in [-0.25, -0.2) is 4.79 Å². The van der Waals surface area contributed by atoms with Crippen molar-refractivity contribution >= 4 is 28.8 Å². The van der Waals surface area contributed by atoms with E-state index in [0.29, 0.717) is 11.4 Å². The van der Waals surface area contributed by atoms with Crippen molar-refractivity contribution in [3.8, 4) is 0 Å². The molecule has 15 heavy (non-hydrogen) atoms. The highest BCUT2D eigenvalue weighted by molar-refractivity contribution is 6.31. The highest BCUT2D eigenvalue weighted by Gasteiger charge is 2.06. The predicted octanol–water partition coefficient (Wildman–Crippen LogP) is 2.71. The van der Waals surface area contributed by atoms with Gasteiger partial charge in [0.05, 0.1) is 12.9 Å². The Morgan fingerprint density at radius 3 is 3.13 bits per heavy atom. The first kappa shape index (κ1) is 10.1. The van der Waals surface area contributed by atoms with E-state index >= 15 is 0 Å². The van der Waals surface area contributed by atoms with Gasteiger partial charge < -0.3 is 9.15 Å². The minimum absolute atomic E-state index is 0.273. The van der Waals surface area contributed by atoms with Gasteiger partial charge in [-0.15, -0.1) is 0 Å². The molecule has 0 saturated heterocycles. The third-order valence-corrected chi connectivity index (χ3v) is 2.37. The van der Waals surface area contributed by atoms with E-state index < -0.39 is 0 Å². The lowest BCUT2D eigenvalue weighted by atomic mass is 10.1. The number of benzene rings is 1. The third-order valence-electron chi connectivity index (χ3n) is 2.13. The molecule has 4 heteroatoms. The van der Waals surface area contributed by atoms with Crippen molar-refractivity contribution in [1.29, 1.82) is 0 Å². The van der Waals surface area contributed by atoms with Gasteiger partial charge >= 0.3 is 6.47 Å². The van der Waals surface area contributed by atoms with E-state index in [-0.39, 0.29) is 6.61 Å². The molecule has 0 unspecified atom stereocenters. The molecule has 0 N–H and O–H groups in total. The van der Waals surface area contributed by atoms with Crippen molar-refractivity contribution in [1.82, 2.24) is 0 Å². The summed E-state index contributed by atoms with van der Waals surface area (Å²) in [7, 11) is 0. The minimum Gasteiger partial charge on any atom is -0.468 e. The number of carbonyl (C=O) groups excluding carboxylic acids is 1. The maximum Gasteiger partial charge on any atom is 0.417 e. The number of ether oxygens (including phenoxy) is 1. The molecule has 0 saturated carbocycles. The second-order valence-corrected chi connectivity index (χ2v) is 3.51. The highest BCUT2D eigenvalue weighted by atomic mass is 35.5. The van der Waals surface area contributed by atoms with E-state index in [1.165, 1.54) is 6.47 Å². The number of furan rings is 1. The summed E-state index contributed by atoms with van der Waals surface area (Å²) in [5.41, 5.74) is 0. The molecule has 1 heterocycles. The van der Waals surface area contributed by atoms with E-state index in [0.717, 1.165) is 16.5 Å². The second kappa shape index (κ2) is 4.36. The standard InChI is InChI=1S/C11H8ClO3/c12-9-1-2-10-8(5-9)6-15-11(10)3-4-14-7-13/h1-2,5-6H,3-4H2. The summed E-state index contributed by atoms with van der Waals surface area (Å²) in [5.74, 6) is 0.789. The van der Waals surface area contributed by atoms with E-state index in [4.69, 9.17) is 16.0 Å². The first-order valence-electron chi connectivity index (χ1n) is 4.46. The van der Waals surface area contributed by atoms with Gasteiger partial charge in [0.2, 0.25) is 0 Å². The van der Waals surface area contributed by atoms with Crippen molar-refractivity contribution in [2.24, 2.45) is 0 Å². The lowest BCUT2D eigenvalue weighted by molar-refractivity contribution is 0.274. The average Bonchev–Trinajstić information content (AvgIpc) is 2.61. The molecule has 0 aliphatic carbocycles. The largest absolute Gasteiger partial charge is 0.468 e. The smallest absolute Gasteiger partial charge is 0.417 e. The van der Waals surface area contributed by atoms with E-state index in [2.05, 4.69) is 4.74 Å². The Bertz CT molecular complexity index is 476. The van der Waals surface area contributed by atoms with Gasteiger partial charge in [0.25, 0.3) is 0 Å². The third kappa shape index (κ3) is 2.13. The van der Waals surface area contributed by atoms with E-state index in [1.54, 1.807) is 12.3 Å². The lowest BCUT2D eigenvalue weighted by Gasteiger charge is -1.96. The molecule has 0 spiro atoms. The zero-order valence-corrected chi connectivity index (χ0v) is 8.58. The highest BCUT2D eigenvalue weighted by Crippen LogP contribution is 2.24. The quantitative estimate of drug-likeness (QED) is 0.749. The minimum atomic E-state index is 0.273. The summed E-state index contributed by atoms with van der Waals surface area (Å²) >= 11 is 5.84. The SMILES string of the molecule is O=[C]OCCc1occ2cc(Cl)ccc12. The summed E-state index contributed by atoms with van der Waals surface area (Å²) in [5, 5.41) is 2.62. The molecule has 2 aromatic rings. The Labute approximate surface area is 91.6 Å². The predicted molar refractivity (Wildman–Crippen MR) is 56.6 cm³/mol. The molecule has 0 aliphatic rings. The lowest BCUT2D eigenvalue weighted by Crippen LogP contribution is -1.95. The van der Waals surface area contributed by atoms with Crippen LogP contribution in [0.2, 0.25) is 5.02 Å². The first-order valence-corrected chi connectivity index (χ1v) is 4.83. The number of hydrogen-bond donors (Lipinski definition) is 0. The molecule has 0 fully saturated rings. The second-order valence-electron chi connectivity index (χ2n) is 3.07. The fourth-order valence-electron chi connectivity index (χ4n) is 1.46. The molecular weight excluding hydrogens is 216 g/mol. The Balaban J connectivity index is 2.24. The van der Waals surface area contributed by atoms with Crippen LogP contribution < -0.4 is 0 Å². The molecule has 1 radical (unpaired) electrons. The van der Waals surface area contributed by atoms with Crippen LogP contribution in [0, 0.1) is 0 Å². The molecule has 0 atom stereocenters. The van der Waals surface area contributed by atoms with Gasteiger partial charge in [0.15, 0.2) is 0 Å². The summed E-state index contributed by atoms with van der Waals surface area (Å²) in [4.78, 5) is 9.85. The maximum atomic E-state index is 9.85. The van der Waals surface area contributed by atoms with Crippen LogP contribution in [0.3, 0.4) is 0 Å². The maximum absolute atomic E-state index is 9.85. The molecular formula is C11H8ClO3. The summed E-state index contributed by atoms with van der Waals surface area (Å²) in [6.07, 6.45) is 2.18. The van der Waals surface area contributed by atoms with Gasteiger partial charge in [0.1, 0.15) is 5.76 Å². The normalized spacial score (nSPS) is 10.5. The van der Waals surface area contributed by atoms with Crippen LogP contribution in [0.5, 0.6) is 0 Å². The van der Waals surface area contributed by atoms with Gasteiger partial charge in [-0.1, -0.05) is 11.6 Å². The van der Waals surface area contributed by atoms with Crippen molar-refractivity contribution in [3.05, 3.63) is 35.2 Å². The number of hydrogen-bond acceptors (Lipinski definition) is 3. The molecule has 2 rings (SSSR count). The van der Waals surface area contributed by atoms with Gasteiger partial charge in [-0.05, 0) is 18.2 Å². The van der Waals surface area contributed by atoms with Crippen molar-refractivity contribution in [2.75, 3.05) is 6.61 Å². The van der Waals surface area contributed by atoms with Crippen LogP contribution in [0.25, 0.3) is 10.8 Å². The number of halogens is 1. The van der Waals surface area contributed by atoms with Crippen LogP contribution in [-0.4, -0.2) is 13.1 Å². The Morgan fingerprint density at radius 2 is 2.33 bits per heavy atom. The monoisotopic (exact) mass is 223 g/mol. The van der Waals surface area contributed by atoms with Crippen LogP contribution >= 0.6 is 11.6 Å². The van der Waals surface area contributed by atoms with E-state index in [9.17, 15) is 4.79 Å². The number of fused-ring (bicyclic) bond motifs is 1. The molecule has 0 aliphatic heterocycles. The molecule has 3 nitrogen and oxygen atoms in total. The molecule has 77 valence electrons. The number of rotatable bonds is 4. The Hall–Kier alpha value is -1.48. The molecule has 0 amide bonds. The zero-order chi connectivity index (χ0) is 10.7. The van der Waals surface area contributed by atoms with Gasteiger partial charge in [-0.2, -0.15) is 0 Å². The van der Waals surface area contributed by atoms with Crippen molar-refractivity contribution in [3.63, 3.8) is 0 Å². The first-order chi connectivity index (χ1) is 7.31. The zero-order valence-electron chi connectivity index (χ0n) is 7.83. The van der Waals surface area contributed by atoms with Crippen LogP contribution in [0.1, 0.15) is 5.76 Å². The molecule has 1 aromatic carbocycles. The van der Waals surface area contributed by atoms with Crippen LogP contribution in [0.15, 0.2) is 28.9 Å². The fraction of sp³-hybridized carbons (Fsp3) is 0.182. The Kier molecular flexibility index (Phi) is 2.92. The average molecular weight is 224 g/mol. The molecule has 1 aromatic heterocycles. The van der Waals surface area contributed by atoms with Crippen LogP contribution in [0.4, 0.5) is 0 Å². The van der Waals surface area contributed by atoms with Gasteiger partial charge in [-0.3, -0.25) is 0 Å².